The van der Waals surface area contributed by atoms with Crippen molar-refractivity contribution in [2.24, 2.45) is 0 Å². The van der Waals surface area contributed by atoms with E-state index in [0.717, 1.165) is 20.4 Å². The molecule has 2 aromatic carbocycles. The SMILES string of the molecule is COc1cc(Nc2c(N)cccc2Cl)c(Br)cc1Br. The molecule has 0 aliphatic heterocycles. The zero-order valence-electron chi connectivity index (χ0n) is 10.0. The van der Waals surface area contributed by atoms with Crippen LogP contribution in [0.25, 0.3) is 0 Å². The first kappa shape index (κ1) is 14.5. The number of hydrogen-bond acceptors (Lipinski definition) is 3. The number of anilines is 3. The highest BCUT2D eigenvalue weighted by Gasteiger charge is 2.10. The standard InChI is InChI=1S/C13H11Br2ClN2O/c1-19-12-6-11(7(14)5-8(12)15)18-13-9(16)3-2-4-10(13)17/h2-6,18H,17H2,1H3. The first-order valence-corrected chi connectivity index (χ1v) is 7.33. The molecule has 0 atom stereocenters. The normalized spacial score (nSPS) is 10.3. The molecule has 0 amide bonds. The maximum Gasteiger partial charge on any atom is 0.135 e. The van der Waals surface area contributed by atoms with Gasteiger partial charge >= 0.3 is 0 Å². The van der Waals surface area contributed by atoms with Crippen LogP contribution in [-0.2, 0) is 0 Å². The molecule has 19 heavy (non-hydrogen) atoms. The van der Waals surface area contributed by atoms with Crippen molar-refractivity contribution < 1.29 is 4.74 Å². The smallest absolute Gasteiger partial charge is 0.135 e. The van der Waals surface area contributed by atoms with Crippen LogP contribution >= 0.6 is 43.5 Å². The van der Waals surface area contributed by atoms with Crippen LogP contribution in [0.1, 0.15) is 0 Å². The van der Waals surface area contributed by atoms with Crippen molar-refractivity contribution in [3.05, 3.63) is 44.3 Å². The van der Waals surface area contributed by atoms with Gasteiger partial charge in [-0.1, -0.05) is 17.7 Å². The Morgan fingerprint density at radius 3 is 2.58 bits per heavy atom. The Morgan fingerprint density at radius 1 is 1.21 bits per heavy atom. The monoisotopic (exact) mass is 404 g/mol. The van der Waals surface area contributed by atoms with E-state index in [1.165, 1.54) is 0 Å². The van der Waals surface area contributed by atoms with Gasteiger partial charge < -0.3 is 15.8 Å². The fraction of sp³-hybridized carbons (Fsp3) is 0.0769. The van der Waals surface area contributed by atoms with Crippen molar-refractivity contribution >= 4 is 60.5 Å². The molecule has 0 bridgehead atoms. The first-order valence-electron chi connectivity index (χ1n) is 5.37. The molecular formula is C13H11Br2ClN2O. The van der Waals surface area contributed by atoms with Crippen LogP contribution in [0.15, 0.2) is 39.3 Å². The highest BCUT2D eigenvalue weighted by Crippen LogP contribution is 2.38. The van der Waals surface area contributed by atoms with Gasteiger partial charge in [0.15, 0.2) is 0 Å². The Kier molecular flexibility index (Phi) is 4.60. The van der Waals surface area contributed by atoms with Gasteiger partial charge in [-0.25, -0.2) is 0 Å². The third-order valence-corrected chi connectivity index (χ3v) is 4.14. The van der Waals surface area contributed by atoms with E-state index in [4.69, 9.17) is 22.1 Å². The summed E-state index contributed by atoms with van der Waals surface area (Å²) in [6.45, 7) is 0. The Balaban J connectivity index is 2.44. The fourth-order valence-corrected chi connectivity index (χ4v) is 3.07. The number of benzene rings is 2. The summed E-state index contributed by atoms with van der Waals surface area (Å²) < 4.78 is 7.00. The molecule has 0 fully saturated rings. The lowest BCUT2D eigenvalue weighted by Gasteiger charge is -2.14. The van der Waals surface area contributed by atoms with Gasteiger partial charge in [0.1, 0.15) is 5.75 Å². The van der Waals surface area contributed by atoms with E-state index in [0.29, 0.717) is 16.4 Å². The van der Waals surface area contributed by atoms with Crippen molar-refractivity contribution in [3.63, 3.8) is 0 Å². The topological polar surface area (TPSA) is 47.3 Å². The molecule has 2 rings (SSSR count). The number of nitrogens with one attached hydrogen (secondary N) is 1. The molecule has 0 spiro atoms. The van der Waals surface area contributed by atoms with Crippen LogP contribution in [0.2, 0.25) is 5.02 Å². The molecule has 0 saturated heterocycles. The summed E-state index contributed by atoms with van der Waals surface area (Å²) >= 11 is 13.0. The lowest BCUT2D eigenvalue weighted by molar-refractivity contribution is 0.412. The quantitative estimate of drug-likeness (QED) is 0.689. The van der Waals surface area contributed by atoms with Crippen LogP contribution < -0.4 is 15.8 Å². The molecule has 0 heterocycles. The summed E-state index contributed by atoms with van der Waals surface area (Å²) in [7, 11) is 1.61. The molecule has 0 radical (unpaired) electrons. The highest BCUT2D eigenvalue weighted by atomic mass is 79.9. The maximum absolute atomic E-state index is 6.14. The fourth-order valence-electron chi connectivity index (χ4n) is 1.59. The van der Waals surface area contributed by atoms with Crippen molar-refractivity contribution in [2.45, 2.75) is 0 Å². The number of methoxy groups -OCH3 is 1. The van der Waals surface area contributed by atoms with Gasteiger partial charge in [0, 0.05) is 10.5 Å². The van der Waals surface area contributed by atoms with Gasteiger partial charge in [-0.3, -0.25) is 0 Å². The number of nitrogens with two attached hydrogens (primary N) is 1. The van der Waals surface area contributed by atoms with E-state index < -0.39 is 0 Å². The van der Waals surface area contributed by atoms with Crippen LogP contribution in [0, 0.1) is 0 Å². The Hall–Kier alpha value is -0.910. The molecule has 0 aliphatic rings. The molecule has 3 nitrogen and oxygen atoms in total. The summed E-state index contributed by atoms with van der Waals surface area (Å²) in [6, 6.07) is 9.13. The van der Waals surface area contributed by atoms with Crippen molar-refractivity contribution in [1.82, 2.24) is 0 Å². The molecule has 0 aromatic heterocycles. The zero-order chi connectivity index (χ0) is 14.0. The van der Waals surface area contributed by atoms with Gasteiger partial charge in [-0.05, 0) is 50.1 Å². The number of nitrogen functional groups attached to an aromatic ring is 1. The second-order valence-electron chi connectivity index (χ2n) is 3.80. The molecule has 6 heteroatoms. The molecular weight excluding hydrogens is 395 g/mol. The average molecular weight is 407 g/mol. The molecule has 0 saturated carbocycles. The minimum atomic E-state index is 0.564. The van der Waals surface area contributed by atoms with Gasteiger partial charge in [-0.15, -0.1) is 0 Å². The number of ether oxygens (including phenoxy) is 1. The predicted molar refractivity (Wildman–Crippen MR) is 87.5 cm³/mol. The van der Waals surface area contributed by atoms with E-state index in [1.807, 2.05) is 12.1 Å². The van der Waals surface area contributed by atoms with Gasteiger partial charge in [-0.2, -0.15) is 0 Å². The van der Waals surface area contributed by atoms with Gasteiger partial charge in [0.2, 0.25) is 0 Å². The van der Waals surface area contributed by atoms with E-state index >= 15 is 0 Å². The summed E-state index contributed by atoms with van der Waals surface area (Å²) in [6.07, 6.45) is 0. The lowest BCUT2D eigenvalue weighted by atomic mass is 10.2. The number of halogens is 3. The molecule has 0 aliphatic carbocycles. The van der Waals surface area contributed by atoms with E-state index in [2.05, 4.69) is 37.2 Å². The van der Waals surface area contributed by atoms with Crippen LogP contribution in [0.3, 0.4) is 0 Å². The summed E-state index contributed by atoms with van der Waals surface area (Å²) in [4.78, 5) is 0. The Morgan fingerprint density at radius 2 is 1.95 bits per heavy atom. The predicted octanol–water partition coefficient (Wildman–Crippen LogP) is 5.20. The van der Waals surface area contributed by atoms with Crippen LogP contribution in [0.4, 0.5) is 17.1 Å². The second kappa shape index (κ2) is 6.03. The zero-order valence-corrected chi connectivity index (χ0v) is 13.9. The summed E-state index contributed by atoms with van der Waals surface area (Å²) in [5, 5.41) is 3.77. The van der Waals surface area contributed by atoms with Crippen molar-refractivity contribution in [1.29, 1.82) is 0 Å². The van der Waals surface area contributed by atoms with Gasteiger partial charge in [0.05, 0.1) is 33.7 Å². The van der Waals surface area contributed by atoms with E-state index in [9.17, 15) is 0 Å². The van der Waals surface area contributed by atoms with Gasteiger partial charge in [0.25, 0.3) is 0 Å². The van der Waals surface area contributed by atoms with E-state index in [-0.39, 0.29) is 0 Å². The number of hydrogen-bond donors (Lipinski definition) is 2. The second-order valence-corrected chi connectivity index (χ2v) is 5.91. The minimum absolute atomic E-state index is 0.564. The minimum Gasteiger partial charge on any atom is -0.495 e. The Labute approximate surface area is 133 Å². The van der Waals surface area contributed by atoms with E-state index in [1.54, 1.807) is 25.3 Å². The third-order valence-electron chi connectivity index (χ3n) is 2.55. The molecule has 2 aromatic rings. The summed E-state index contributed by atoms with van der Waals surface area (Å²) in [5.74, 6) is 0.719. The third kappa shape index (κ3) is 3.16. The van der Waals surface area contributed by atoms with Crippen LogP contribution in [0.5, 0.6) is 5.75 Å². The number of rotatable bonds is 3. The van der Waals surface area contributed by atoms with Crippen molar-refractivity contribution in [3.8, 4) is 5.75 Å². The lowest BCUT2D eigenvalue weighted by Crippen LogP contribution is -1.98. The first-order chi connectivity index (χ1) is 9.02. The van der Waals surface area contributed by atoms with Crippen LogP contribution in [-0.4, -0.2) is 7.11 Å². The van der Waals surface area contributed by atoms with Crippen molar-refractivity contribution in [2.75, 3.05) is 18.2 Å². The highest BCUT2D eigenvalue weighted by molar-refractivity contribution is 9.11. The molecule has 3 N–H and O–H groups in total. The maximum atomic E-state index is 6.14. The average Bonchev–Trinajstić information content (AvgIpc) is 2.36. The number of para-hydroxylation sites is 1. The molecule has 100 valence electrons. The Bertz CT molecular complexity index is 600. The molecule has 0 unspecified atom stereocenters. The largest absolute Gasteiger partial charge is 0.495 e. The summed E-state index contributed by atoms with van der Waals surface area (Å²) in [5.41, 5.74) is 8.00.